The summed E-state index contributed by atoms with van der Waals surface area (Å²) in [5.74, 6) is -1.07. The molecule has 0 spiro atoms. The fraction of sp³-hybridized carbons (Fsp3) is 0.538. The van der Waals surface area contributed by atoms with Crippen molar-refractivity contribution >= 4 is 5.91 Å². The summed E-state index contributed by atoms with van der Waals surface area (Å²) >= 11 is 0. The third kappa shape index (κ3) is 3.71. The Hall–Kier alpha value is -1.53. The van der Waals surface area contributed by atoms with Gasteiger partial charge in [-0.3, -0.25) is 9.69 Å². The summed E-state index contributed by atoms with van der Waals surface area (Å²) in [5.41, 5.74) is -0.155. The summed E-state index contributed by atoms with van der Waals surface area (Å²) in [6.45, 7) is 5.56. The molecule has 1 unspecified atom stereocenters. The number of morpholine rings is 1. The first-order valence-corrected chi connectivity index (χ1v) is 6.39. The number of halogens is 1. The van der Waals surface area contributed by atoms with Crippen molar-refractivity contribution in [2.45, 2.75) is 13.0 Å². The van der Waals surface area contributed by atoms with Gasteiger partial charge in [-0.1, -0.05) is 0 Å². The molecule has 1 aromatic heterocycles. The molecule has 5 nitrogen and oxygen atoms in total. The first-order valence-electron chi connectivity index (χ1n) is 6.39. The highest BCUT2D eigenvalue weighted by Gasteiger charge is 2.18. The number of hydrogen-bond acceptors (Lipinski definition) is 4. The van der Waals surface area contributed by atoms with E-state index in [0.717, 1.165) is 13.1 Å². The summed E-state index contributed by atoms with van der Waals surface area (Å²) in [4.78, 5) is 17.7. The van der Waals surface area contributed by atoms with Crippen molar-refractivity contribution in [3.05, 3.63) is 29.8 Å². The van der Waals surface area contributed by atoms with E-state index in [1.165, 1.54) is 18.3 Å². The summed E-state index contributed by atoms with van der Waals surface area (Å²) in [6.07, 6.45) is 1.40. The number of carbonyl (C=O) groups is 1. The molecule has 2 rings (SSSR count). The van der Waals surface area contributed by atoms with Crippen molar-refractivity contribution in [3.63, 3.8) is 0 Å². The van der Waals surface area contributed by atoms with Gasteiger partial charge in [0.25, 0.3) is 5.91 Å². The largest absolute Gasteiger partial charge is 0.379 e. The van der Waals surface area contributed by atoms with Crippen LogP contribution in [-0.2, 0) is 4.74 Å². The van der Waals surface area contributed by atoms with Crippen LogP contribution in [0.5, 0.6) is 0 Å². The Balaban J connectivity index is 1.79. The van der Waals surface area contributed by atoms with Crippen LogP contribution in [0.1, 0.15) is 17.4 Å². The second-order valence-corrected chi connectivity index (χ2v) is 4.55. The summed E-state index contributed by atoms with van der Waals surface area (Å²) in [5, 5.41) is 2.68. The van der Waals surface area contributed by atoms with E-state index in [0.29, 0.717) is 25.8 Å². The van der Waals surface area contributed by atoms with E-state index in [1.54, 1.807) is 0 Å². The molecule has 0 aliphatic carbocycles. The molecule has 6 heteroatoms. The van der Waals surface area contributed by atoms with Crippen molar-refractivity contribution in [3.8, 4) is 0 Å². The number of nitrogens with one attached hydrogen (secondary N) is 1. The van der Waals surface area contributed by atoms with Crippen LogP contribution in [0.4, 0.5) is 4.39 Å². The van der Waals surface area contributed by atoms with Gasteiger partial charge in [-0.15, -0.1) is 0 Å². The molecule has 0 saturated carbocycles. The van der Waals surface area contributed by atoms with Crippen LogP contribution in [0.3, 0.4) is 0 Å². The number of hydrogen-bond donors (Lipinski definition) is 1. The number of amides is 1. The summed E-state index contributed by atoms with van der Waals surface area (Å²) < 4.78 is 18.7. The third-order valence-electron chi connectivity index (χ3n) is 3.16. The Morgan fingerprint density at radius 1 is 1.68 bits per heavy atom. The number of pyridine rings is 1. The molecule has 104 valence electrons. The minimum atomic E-state index is -0.597. The van der Waals surface area contributed by atoms with Gasteiger partial charge in [0, 0.05) is 31.9 Å². The molecule has 0 radical (unpaired) electrons. The SMILES string of the molecule is CC1COCCN1CCNC(=O)c1ncccc1F. The van der Waals surface area contributed by atoms with E-state index in [4.69, 9.17) is 4.74 Å². The Kier molecular flexibility index (Phi) is 4.81. The maximum atomic E-state index is 13.3. The van der Waals surface area contributed by atoms with Crippen molar-refractivity contribution in [1.29, 1.82) is 0 Å². The lowest BCUT2D eigenvalue weighted by atomic mass is 10.2. The molecular weight excluding hydrogens is 249 g/mol. The van der Waals surface area contributed by atoms with Crippen LogP contribution in [-0.4, -0.2) is 54.7 Å². The zero-order chi connectivity index (χ0) is 13.7. The average molecular weight is 267 g/mol. The van der Waals surface area contributed by atoms with E-state index < -0.39 is 11.7 Å². The third-order valence-corrected chi connectivity index (χ3v) is 3.16. The molecule has 1 amide bonds. The first-order chi connectivity index (χ1) is 9.18. The van der Waals surface area contributed by atoms with Crippen molar-refractivity contribution < 1.29 is 13.9 Å². The fourth-order valence-electron chi connectivity index (χ4n) is 2.04. The maximum absolute atomic E-state index is 13.3. The number of rotatable bonds is 4. The minimum absolute atomic E-state index is 0.155. The highest BCUT2D eigenvalue weighted by Crippen LogP contribution is 2.05. The molecule has 1 N–H and O–H groups in total. The number of carbonyl (C=O) groups excluding carboxylic acids is 1. The van der Waals surface area contributed by atoms with Gasteiger partial charge in [0.2, 0.25) is 0 Å². The van der Waals surface area contributed by atoms with Gasteiger partial charge in [0.1, 0.15) is 0 Å². The van der Waals surface area contributed by atoms with E-state index in [1.807, 2.05) is 0 Å². The normalized spacial score (nSPS) is 20.2. The highest BCUT2D eigenvalue weighted by molar-refractivity contribution is 5.92. The second-order valence-electron chi connectivity index (χ2n) is 4.55. The molecule has 1 aliphatic rings. The predicted molar refractivity (Wildman–Crippen MR) is 68.4 cm³/mol. The standard InChI is InChI=1S/C13H18FN3O2/c1-10-9-19-8-7-17(10)6-5-16-13(18)12-11(14)3-2-4-15-12/h2-4,10H,5-9H2,1H3,(H,16,18). The number of aromatic nitrogens is 1. The quantitative estimate of drug-likeness (QED) is 0.871. The van der Waals surface area contributed by atoms with Gasteiger partial charge in [0.05, 0.1) is 13.2 Å². The molecule has 1 aliphatic heterocycles. The van der Waals surface area contributed by atoms with Gasteiger partial charge < -0.3 is 10.1 Å². The van der Waals surface area contributed by atoms with Gasteiger partial charge >= 0.3 is 0 Å². The van der Waals surface area contributed by atoms with Crippen LogP contribution in [0.25, 0.3) is 0 Å². The van der Waals surface area contributed by atoms with Gasteiger partial charge in [-0.2, -0.15) is 0 Å². The van der Waals surface area contributed by atoms with Gasteiger partial charge in [-0.25, -0.2) is 9.37 Å². The van der Waals surface area contributed by atoms with Crippen LogP contribution in [0.2, 0.25) is 0 Å². The van der Waals surface area contributed by atoms with Crippen LogP contribution in [0.15, 0.2) is 18.3 Å². The Bertz CT molecular complexity index is 442. The topological polar surface area (TPSA) is 54.5 Å². The van der Waals surface area contributed by atoms with Crippen LogP contribution >= 0.6 is 0 Å². The van der Waals surface area contributed by atoms with Crippen molar-refractivity contribution in [2.24, 2.45) is 0 Å². The molecule has 0 bridgehead atoms. The Morgan fingerprint density at radius 3 is 3.26 bits per heavy atom. The number of nitrogens with zero attached hydrogens (tertiary/aromatic N) is 2. The number of ether oxygens (including phenoxy) is 1. The van der Waals surface area contributed by atoms with Crippen molar-refractivity contribution in [1.82, 2.24) is 15.2 Å². The molecule has 19 heavy (non-hydrogen) atoms. The van der Waals surface area contributed by atoms with Crippen LogP contribution < -0.4 is 5.32 Å². The zero-order valence-corrected chi connectivity index (χ0v) is 10.9. The maximum Gasteiger partial charge on any atom is 0.272 e. The van der Waals surface area contributed by atoms with E-state index in [2.05, 4.69) is 22.1 Å². The molecule has 2 heterocycles. The molecule has 1 fully saturated rings. The molecule has 0 aromatic carbocycles. The predicted octanol–water partition coefficient (Wildman–Crippen LogP) is 0.671. The Labute approximate surface area is 111 Å². The second kappa shape index (κ2) is 6.58. The molecule has 1 saturated heterocycles. The average Bonchev–Trinajstić information content (AvgIpc) is 2.41. The summed E-state index contributed by atoms with van der Waals surface area (Å²) in [7, 11) is 0. The minimum Gasteiger partial charge on any atom is -0.379 e. The summed E-state index contributed by atoms with van der Waals surface area (Å²) in [6, 6.07) is 3.03. The molecule has 1 aromatic rings. The van der Waals surface area contributed by atoms with Gasteiger partial charge in [0.15, 0.2) is 11.5 Å². The van der Waals surface area contributed by atoms with E-state index >= 15 is 0 Å². The highest BCUT2D eigenvalue weighted by atomic mass is 19.1. The lowest BCUT2D eigenvalue weighted by molar-refractivity contribution is 0.000531. The zero-order valence-electron chi connectivity index (χ0n) is 10.9. The Morgan fingerprint density at radius 2 is 2.53 bits per heavy atom. The van der Waals surface area contributed by atoms with Crippen LogP contribution in [0, 0.1) is 5.82 Å². The van der Waals surface area contributed by atoms with Gasteiger partial charge in [-0.05, 0) is 19.1 Å². The fourth-order valence-corrected chi connectivity index (χ4v) is 2.04. The van der Waals surface area contributed by atoms with E-state index in [9.17, 15) is 9.18 Å². The monoisotopic (exact) mass is 267 g/mol. The van der Waals surface area contributed by atoms with E-state index in [-0.39, 0.29) is 5.69 Å². The molecule has 1 atom stereocenters. The lowest BCUT2D eigenvalue weighted by Gasteiger charge is -2.33. The lowest BCUT2D eigenvalue weighted by Crippen LogP contribution is -2.46. The molecular formula is C13H18FN3O2. The smallest absolute Gasteiger partial charge is 0.272 e. The van der Waals surface area contributed by atoms with Crippen molar-refractivity contribution in [2.75, 3.05) is 32.8 Å². The first kappa shape index (κ1) is 13.9.